The molecule has 0 aliphatic heterocycles. The van der Waals surface area contributed by atoms with Gasteiger partial charge in [0.05, 0.1) is 21.7 Å². The molecule has 198 valence electrons. The van der Waals surface area contributed by atoms with Crippen LogP contribution in [-0.2, 0) is 23.1 Å². The number of carboxylic acids is 1. The van der Waals surface area contributed by atoms with Crippen LogP contribution in [0.3, 0.4) is 0 Å². The predicted molar refractivity (Wildman–Crippen MR) is 147 cm³/mol. The van der Waals surface area contributed by atoms with Gasteiger partial charge >= 0.3 is 5.97 Å². The van der Waals surface area contributed by atoms with Gasteiger partial charge in [0, 0.05) is 11.4 Å². The molecular formula is C30H25FN2O5S. The van der Waals surface area contributed by atoms with E-state index in [1.807, 2.05) is 48.5 Å². The summed E-state index contributed by atoms with van der Waals surface area (Å²) in [6, 6.07) is 24.9. The number of pyridine rings is 1. The molecular weight excluding hydrogens is 519 g/mol. The maximum Gasteiger partial charge on any atom is 0.335 e. The summed E-state index contributed by atoms with van der Waals surface area (Å²) < 4.78 is 49.0. The zero-order valence-corrected chi connectivity index (χ0v) is 21.8. The molecule has 0 saturated carbocycles. The van der Waals surface area contributed by atoms with E-state index in [1.165, 1.54) is 18.2 Å². The number of halogens is 1. The number of sulfonamides is 1. The molecule has 0 bridgehead atoms. The summed E-state index contributed by atoms with van der Waals surface area (Å²) in [6.07, 6.45) is 0.0549. The molecule has 4 aromatic carbocycles. The van der Waals surface area contributed by atoms with E-state index in [0.29, 0.717) is 11.1 Å². The van der Waals surface area contributed by atoms with Crippen LogP contribution in [0.2, 0.25) is 0 Å². The third-order valence-electron chi connectivity index (χ3n) is 6.32. The van der Waals surface area contributed by atoms with E-state index >= 15 is 0 Å². The van der Waals surface area contributed by atoms with Crippen LogP contribution in [0, 0.1) is 5.82 Å². The van der Waals surface area contributed by atoms with Crippen molar-refractivity contribution in [3.8, 4) is 5.75 Å². The van der Waals surface area contributed by atoms with Crippen molar-refractivity contribution in [2.24, 2.45) is 0 Å². The number of hydrogen-bond donors (Lipinski definition) is 2. The maximum absolute atomic E-state index is 14.3. The summed E-state index contributed by atoms with van der Waals surface area (Å²) in [6.45, 7) is 1.88. The van der Waals surface area contributed by atoms with E-state index in [4.69, 9.17) is 9.84 Å². The van der Waals surface area contributed by atoms with E-state index in [9.17, 15) is 17.6 Å². The Morgan fingerprint density at radius 2 is 1.72 bits per heavy atom. The Balaban J connectivity index is 1.29. The van der Waals surface area contributed by atoms with E-state index in [-0.39, 0.29) is 29.1 Å². The number of ether oxygens (including phenoxy) is 1. The molecule has 1 unspecified atom stereocenters. The lowest BCUT2D eigenvalue weighted by molar-refractivity contribution is 0.0696. The third-order valence-corrected chi connectivity index (χ3v) is 7.91. The SMILES string of the molecule is CC(Cc1ccc(C(=O)O)cc1F)NS(=O)(=O)c1ccc2ccc(OCc3ccc4ccccc4n3)cc2c1. The summed E-state index contributed by atoms with van der Waals surface area (Å²) in [5.41, 5.74) is 1.71. The molecule has 7 nitrogen and oxygen atoms in total. The monoisotopic (exact) mass is 544 g/mol. The van der Waals surface area contributed by atoms with Gasteiger partial charge in [-0.15, -0.1) is 0 Å². The van der Waals surface area contributed by atoms with Gasteiger partial charge < -0.3 is 9.84 Å². The lowest BCUT2D eigenvalue weighted by Crippen LogP contribution is -2.34. The van der Waals surface area contributed by atoms with Gasteiger partial charge in [0.1, 0.15) is 18.2 Å². The molecule has 0 fully saturated rings. The number of nitrogens with zero attached hydrogens (tertiary/aromatic N) is 1. The lowest BCUT2D eigenvalue weighted by Gasteiger charge is -2.15. The molecule has 0 spiro atoms. The normalized spacial score (nSPS) is 12.5. The zero-order chi connectivity index (χ0) is 27.6. The van der Waals surface area contributed by atoms with Crippen LogP contribution < -0.4 is 9.46 Å². The molecule has 1 aromatic heterocycles. The Labute approximate surface area is 224 Å². The number of aromatic nitrogens is 1. The fourth-order valence-electron chi connectivity index (χ4n) is 4.36. The van der Waals surface area contributed by atoms with Crippen molar-refractivity contribution in [3.63, 3.8) is 0 Å². The molecule has 0 amide bonds. The summed E-state index contributed by atoms with van der Waals surface area (Å²) in [4.78, 5) is 15.7. The van der Waals surface area contributed by atoms with E-state index in [2.05, 4.69) is 9.71 Å². The molecule has 1 atom stereocenters. The minimum atomic E-state index is -3.91. The largest absolute Gasteiger partial charge is 0.487 e. The minimum absolute atomic E-state index is 0.0549. The molecule has 0 radical (unpaired) electrons. The third kappa shape index (κ3) is 6.05. The maximum atomic E-state index is 14.3. The van der Waals surface area contributed by atoms with Gasteiger partial charge in [-0.05, 0) is 78.2 Å². The first-order valence-corrected chi connectivity index (χ1v) is 13.7. The topological polar surface area (TPSA) is 106 Å². The number of fused-ring (bicyclic) bond motifs is 2. The number of carbonyl (C=O) groups is 1. The highest BCUT2D eigenvalue weighted by molar-refractivity contribution is 7.89. The van der Waals surface area contributed by atoms with Crippen LogP contribution >= 0.6 is 0 Å². The fraction of sp³-hybridized carbons (Fsp3) is 0.133. The molecule has 0 aliphatic rings. The van der Waals surface area contributed by atoms with Gasteiger partial charge in [0.2, 0.25) is 10.0 Å². The predicted octanol–water partition coefficient (Wildman–Crippen LogP) is 5.71. The van der Waals surface area contributed by atoms with Crippen LogP contribution in [0.1, 0.15) is 28.5 Å². The second-order valence-corrected chi connectivity index (χ2v) is 11.0. The molecule has 5 rings (SSSR count). The Morgan fingerprint density at radius 3 is 2.51 bits per heavy atom. The van der Waals surface area contributed by atoms with Crippen molar-refractivity contribution >= 4 is 37.7 Å². The van der Waals surface area contributed by atoms with Crippen LogP contribution in [-0.4, -0.2) is 30.5 Å². The number of rotatable bonds is 9. The molecule has 5 aromatic rings. The highest BCUT2D eigenvalue weighted by atomic mass is 32.2. The van der Waals surface area contributed by atoms with Gasteiger partial charge in [-0.1, -0.05) is 42.5 Å². The highest BCUT2D eigenvalue weighted by Gasteiger charge is 2.20. The summed E-state index contributed by atoms with van der Waals surface area (Å²) in [7, 11) is -3.91. The van der Waals surface area contributed by atoms with Gasteiger partial charge in [0.15, 0.2) is 0 Å². The minimum Gasteiger partial charge on any atom is -0.487 e. The summed E-state index contributed by atoms with van der Waals surface area (Å²) in [5, 5.41) is 11.6. The lowest BCUT2D eigenvalue weighted by atomic mass is 10.0. The van der Waals surface area contributed by atoms with Gasteiger partial charge in [-0.2, -0.15) is 0 Å². The number of hydrogen-bond acceptors (Lipinski definition) is 5. The van der Waals surface area contributed by atoms with Crippen LogP contribution in [0.25, 0.3) is 21.7 Å². The molecule has 39 heavy (non-hydrogen) atoms. The number of carboxylic acid groups (broad SMARTS) is 1. The van der Waals surface area contributed by atoms with E-state index < -0.39 is 27.9 Å². The number of benzene rings is 4. The quantitative estimate of drug-likeness (QED) is 0.246. The van der Waals surface area contributed by atoms with Gasteiger partial charge in [-0.25, -0.2) is 27.3 Å². The summed E-state index contributed by atoms with van der Waals surface area (Å²) in [5.74, 6) is -1.35. The second kappa shape index (κ2) is 10.8. The highest BCUT2D eigenvalue weighted by Crippen LogP contribution is 2.25. The molecule has 1 heterocycles. The van der Waals surface area contributed by atoms with E-state index in [0.717, 1.165) is 28.0 Å². The summed E-state index contributed by atoms with van der Waals surface area (Å²) >= 11 is 0. The molecule has 2 N–H and O–H groups in total. The molecule has 9 heteroatoms. The Kier molecular flexibility index (Phi) is 7.28. The first kappa shape index (κ1) is 26.3. The van der Waals surface area contributed by atoms with Crippen molar-refractivity contribution in [3.05, 3.63) is 114 Å². The molecule has 0 aliphatic carbocycles. The van der Waals surface area contributed by atoms with E-state index in [1.54, 1.807) is 25.1 Å². The number of aromatic carboxylic acids is 1. The molecule has 0 saturated heterocycles. The van der Waals surface area contributed by atoms with Crippen molar-refractivity contribution in [2.75, 3.05) is 0 Å². The number of nitrogens with one attached hydrogen (secondary N) is 1. The fourth-order valence-corrected chi connectivity index (χ4v) is 5.63. The number of para-hydroxylation sites is 1. The average molecular weight is 545 g/mol. The average Bonchev–Trinajstić information content (AvgIpc) is 2.92. The second-order valence-electron chi connectivity index (χ2n) is 9.29. The Hall–Kier alpha value is -4.34. The zero-order valence-electron chi connectivity index (χ0n) is 21.0. The smallest absolute Gasteiger partial charge is 0.335 e. The Bertz CT molecular complexity index is 1810. The van der Waals surface area contributed by atoms with Crippen LogP contribution in [0.4, 0.5) is 4.39 Å². The first-order valence-electron chi connectivity index (χ1n) is 12.2. The van der Waals surface area contributed by atoms with Crippen molar-refractivity contribution in [1.82, 2.24) is 9.71 Å². The van der Waals surface area contributed by atoms with Crippen molar-refractivity contribution < 1.29 is 27.4 Å². The first-order chi connectivity index (χ1) is 18.7. The van der Waals surface area contributed by atoms with Crippen LogP contribution in [0.15, 0.2) is 95.9 Å². The standard InChI is InChI=1S/C30H25FN2O5S/c1-19(14-22-6-7-23(30(34)35)17-28(22)31)33-39(36,37)27-13-10-20-9-12-26(15-24(20)16-27)38-18-25-11-8-21-4-2-3-5-29(21)32-25/h2-13,15-17,19,33H,14,18H2,1H3,(H,34,35). The van der Waals surface area contributed by atoms with Crippen molar-refractivity contribution in [1.29, 1.82) is 0 Å². The van der Waals surface area contributed by atoms with Gasteiger partial charge in [0.25, 0.3) is 0 Å². The van der Waals surface area contributed by atoms with Crippen LogP contribution in [0.5, 0.6) is 5.75 Å². The van der Waals surface area contributed by atoms with Crippen molar-refractivity contribution in [2.45, 2.75) is 30.9 Å². The van der Waals surface area contributed by atoms with Gasteiger partial charge in [-0.3, -0.25) is 0 Å². The Morgan fingerprint density at radius 1 is 0.949 bits per heavy atom.